The van der Waals surface area contributed by atoms with Crippen LogP contribution in [0, 0.1) is 0 Å². The second-order valence-corrected chi connectivity index (χ2v) is 13.9. The standard InChI is InChI=1S/C54H42N4/c1-7-20-43(21-8-1)55(44-22-9-2-10-23-44)49-34-38-51(39-35-49)58(52-40-36-50(37-41-52)56(45-24-11-3-12-25-45)46-26-13-4-14-27-46)54-33-19-32-53(42-54)57(47-28-15-5-16-29-47)48-30-17-6-18-31-48/h1-42H. The van der Waals surface area contributed by atoms with Crippen molar-refractivity contribution in [2.75, 3.05) is 19.6 Å². The van der Waals surface area contributed by atoms with Crippen molar-refractivity contribution < 1.29 is 0 Å². The largest absolute Gasteiger partial charge is 0.311 e. The topological polar surface area (TPSA) is 13.0 Å². The Kier molecular flexibility index (Phi) is 10.5. The molecule has 4 nitrogen and oxygen atoms in total. The molecule has 278 valence electrons. The lowest BCUT2D eigenvalue weighted by Gasteiger charge is -2.31. The molecule has 0 bridgehead atoms. The van der Waals surface area contributed by atoms with E-state index in [2.05, 4.69) is 274 Å². The Hall–Kier alpha value is -7.82. The van der Waals surface area contributed by atoms with Gasteiger partial charge in [-0.25, -0.2) is 0 Å². The Morgan fingerprint density at radius 2 is 0.293 bits per heavy atom. The molecule has 0 aliphatic rings. The van der Waals surface area contributed by atoms with Crippen molar-refractivity contribution in [2.24, 2.45) is 0 Å². The molecular formula is C54H42N4. The van der Waals surface area contributed by atoms with Crippen LogP contribution in [0.25, 0.3) is 0 Å². The molecule has 0 atom stereocenters. The average Bonchev–Trinajstić information content (AvgIpc) is 3.30. The lowest BCUT2D eigenvalue weighted by atomic mass is 10.1. The van der Waals surface area contributed by atoms with Gasteiger partial charge in [0.05, 0.1) is 0 Å². The van der Waals surface area contributed by atoms with Crippen molar-refractivity contribution in [3.05, 3.63) is 255 Å². The van der Waals surface area contributed by atoms with Crippen molar-refractivity contribution in [3.63, 3.8) is 0 Å². The van der Waals surface area contributed by atoms with Crippen molar-refractivity contribution in [2.45, 2.75) is 0 Å². The smallest absolute Gasteiger partial charge is 0.0482 e. The fraction of sp³-hybridized carbons (Fsp3) is 0. The van der Waals surface area contributed by atoms with Crippen LogP contribution in [0.3, 0.4) is 0 Å². The number of para-hydroxylation sites is 6. The summed E-state index contributed by atoms with van der Waals surface area (Å²) >= 11 is 0. The van der Waals surface area contributed by atoms with Gasteiger partial charge in [-0.15, -0.1) is 0 Å². The highest BCUT2D eigenvalue weighted by atomic mass is 15.2. The van der Waals surface area contributed by atoms with E-state index in [-0.39, 0.29) is 0 Å². The van der Waals surface area contributed by atoms with E-state index < -0.39 is 0 Å². The molecule has 0 fully saturated rings. The molecule has 0 saturated carbocycles. The predicted molar refractivity (Wildman–Crippen MR) is 245 cm³/mol. The second-order valence-electron chi connectivity index (χ2n) is 13.9. The fourth-order valence-corrected chi connectivity index (χ4v) is 7.52. The van der Waals surface area contributed by atoms with Crippen LogP contribution in [-0.2, 0) is 0 Å². The summed E-state index contributed by atoms with van der Waals surface area (Å²) in [7, 11) is 0. The maximum Gasteiger partial charge on any atom is 0.0482 e. The second kappa shape index (κ2) is 16.9. The molecule has 58 heavy (non-hydrogen) atoms. The molecule has 0 aliphatic heterocycles. The third kappa shape index (κ3) is 7.68. The van der Waals surface area contributed by atoms with E-state index >= 15 is 0 Å². The zero-order chi connectivity index (χ0) is 38.9. The third-order valence-corrected chi connectivity index (χ3v) is 10.2. The number of hydrogen-bond acceptors (Lipinski definition) is 4. The SMILES string of the molecule is c1ccc(N(c2ccccc2)c2ccc(N(c3ccc(N(c4ccccc4)c4ccccc4)cc3)c3cccc(N(c4ccccc4)c4ccccc4)c3)cc2)cc1. The quantitative estimate of drug-likeness (QED) is 0.123. The van der Waals surface area contributed by atoms with Crippen molar-refractivity contribution >= 4 is 68.2 Å². The van der Waals surface area contributed by atoms with E-state index in [0.29, 0.717) is 0 Å². The summed E-state index contributed by atoms with van der Waals surface area (Å²) < 4.78 is 0. The van der Waals surface area contributed by atoms with E-state index in [1.807, 2.05) is 0 Å². The lowest BCUT2D eigenvalue weighted by Crippen LogP contribution is -2.14. The molecule has 9 aromatic rings. The molecule has 9 rings (SSSR count). The summed E-state index contributed by atoms with van der Waals surface area (Å²) in [6.07, 6.45) is 0. The minimum atomic E-state index is 1.04. The minimum absolute atomic E-state index is 1.04. The summed E-state index contributed by atoms with van der Waals surface area (Å²) in [4.78, 5) is 9.24. The molecule has 0 heterocycles. The van der Waals surface area contributed by atoms with E-state index in [0.717, 1.165) is 68.2 Å². The molecular weight excluding hydrogens is 705 g/mol. The van der Waals surface area contributed by atoms with E-state index in [4.69, 9.17) is 0 Å². The fourth-order valence-electron chi connectivity index (χ4n) is 7.52. The Labute approximate surface area is 341 Å². The summed E-state index contributed by atoms with van der Waals surface area (Å²) in [6.45, 7) is 0. The van der Waals surface area contributed by atoms with Crippen molar-refractivity contribution in [1.82, 2.24) is 0 Å². The summed E-state index contributed by atoms with van der Waals surface area (Å²) in [5, 5.41) is 0. The van der Waals surface area contributed by atoms with Crippen LogP contribution in [0.4, 0.5) is 68.2 Å². The number of hydrogen-bond donors (Lipinski definition) is 0. The Bertz CT molecular complexity index is 2390. The lowest BCUT2D eigenvalue weighted by molar-refractivity contribution is 1.23. The van der Waals surface area contributed by atoms with E-state index in [1.54, 1.807) is 0 Å². The van der Waals surface area contributed by atoms with Gasteiger partial charge in [0, 0.05) is 68.2 Å². The third-order valence-electron chi connectivity index (χ3n) is 10.2. The molecule has 0 amide bonds. The van der Waals surface area contributed by atoms with Gasteiger partial charge in [0.1, 0.15) is 0 Å². The van der Waals surface area contributed by atoms with Crippen LogP contribution in [0.5, 0.6) is 0 Å². The van der Waals surface area contributed by atoms with Crippen LogP contribution >= 0.6 is 0 Å². The number of benzene rings is 9. The summed E-state index contributed by atoms with van der Waals surface area (Å²) in [5.74, 6) is 0. The highest BCUT2D eigenvalue weighted by Crippen LogP contribution is 2.43. The molecule has 0 unspecified atom stereocenters. The zero-order valence-corrected chi connectivity index (χ0v) is 32.0. The molecule has 0 saturated heterocycles. The Morgan fingerprint density at radius 1 is 0.138 bits per heavy atom. The normalized spacial score (nSPS) is 10.8. The van der Waals surface area contributed by atoms with Crippen molar-refractivity contribution in [3.8, 4) is 0 Å². The highest BCUT2D eigenvalue weighted by Gasteiger charge is 2.20. The number of anilines is 12. The molecule has 0 N–H and O–H groups in total. The first-order valence-electron chi connectivity index (χ1n) is 19.6. The zero-order valence-electron chi connectivity index (χ0n) is 32.0. The maximum atomic E-state index is 2.34. The van der Waals surface area contributed by atoms with Gasteiger partial charge in [-0.05, 0) is 140 Å². The molecule has 9 aromatic carbocycles. The number of rotatable bonds is 12. The monoisotopic (exact) mass is 746 g/mol. The van der Waals surface area contributed by atoms with Crippen LogP contribution in [0.15, 0.2) is 255 Å². The predicted octanol–water partition coefficient (Wildman–Crippen LogP) is 15.6. The summed E-state index contributed by atoms with van der Waals surface area (Å²) in [6, 6.07) is 89.8. The first kappa shape index (κ1) is 35.9. The van der Waals surface area contributed by atoms with Gasteiger partial charge in [0.2, 0.25) is 0 Å². The van der Waals surface area contributed by atoms with Gasteiger partial charge >= 0.3 is 0 Å². The van der Waals surface area contributed by atoms with Gasteiger partial charge < -0.3 is 19.6 Å². The van der Waals surface area contributed by atoms with Gasteiger partial charge in [-0.2, -0.15) is 0 Å². The first-order chi connectivity index (χ1) is 28.8. The molecule has 0 aliphatic carbocycles. The summed E-state index contributed by atoms with van der Waals surface area (Å²) in [5.41, 5.74) is 12.9. The van der Waals surface area contributed by atoms with Crippen LogP contribution in [-0.4, -0.2) is 0 Å². The van der Waals surface area contributed by atoms with Crippen LogP contribution in [0.1, 0.15) is 0 Å². The average molecular weight is 747 g/mol. The van der Waals surface area contributed by atoms with E-state index in [1.165, 1.54) is 0 Å². The molecule has 0 aromatic heterocycles. The van der Waals surface area contributed by atoms with Crippen LogP contribution in [0.2, 0.25) is 0 Å². The first-order valence-corrected chi connectivity index (χ1v) is 19.6. The van der Waals surface area contributed by atoms with Gasteiger partial charge in [-0.1, -0.05) is 115 Å². The highest BCUT2D eigenvalue weighted by molar-refractivity contribution is 5.86. The molecule has 0 spiro atoms. The molecule has 4 heteroatoms. The minimum Gasteiger partial charge on any atom is -0.311 e. The van der Waals surface area contributed by atoms with E-state index in [9.17, 15) is 0 Å². The number of nitrogens with zero attached hydrogens (tertiary/aromatic N) is 4. The van der Waals surface area contributed by atoms with Crippen molar-refractivity contribution in [1.29, 1.82) is 0 Å². The van der Waals surface area contributed by atoms with Gasteiger partial charge in [0.25, 0.3) is 0 Å². The Balaban J connectivity index is 1.16. The van der Waals surface area contributed by atoms with Crippen LogP contribution < -0.4 is 19.6 Å². The Morgan fingerprint density at radius 3 is 0.500 bits per heavy atom. The van der Waals surface area contributed by atoms with Gasteiger partial charge in [-0.3, -0.25) is 0 Å². The molecule has 0 radical (unpaired) electrons. The van der Waals surface area contributed by atoms with Gasteiger partial charge in [0.15, 0.2) is 0 Å². The maximum absolute atomic E-state index is 2.34.